The number of aromatic nitrogens is 1. The maximum atomic E-state index is 13.1. The molecule has 226 valence electrons. The molecule has 2 aliphatic rings. The van der Waals surface area contributed by atoms with Crippen LogP contribution in [0.25, 0.3) is 11.1 Å². The summed E-state index contributed by atoms with van der Waals surface area (Å²) in [4.78, 5) is 31.3. The highest BCUT2D eigenvalue weighted by Gasteiger charge is 2.43. The molecule has 43 heavy (non-hydrogen) atoms. The highest BCUT2D eigenvalue weighted by molar-refractivity contribution is 5.91. The average Bonchev–Trinajstić information content (AvgIpc) is 3.79. The zero-order chi connectivity index (χ0) is 30.5. The van der Waals surface area contributed by atoms with Gasteiger partial charge in [0.05, 0.1) is 12.7 Å². The van der Waals surface area contributed by atoms with Gasteiger partial charge in [-0.3, -0.25) is 9.69 Å². The second kappa shape index (κ2) is 13.4. The molecule has 6 rings (SSSR count). The zero-order valence-corrected chi connectivity index (χ0v) is 26.0. The number of aromatic amines is 1. The third-order valence-electron chi connectivity index (χ3n) is 8.64. The summed E-state index contributed by atoms with van der Waals surface area (Å²) in [6.45, 7) is 11.4. The number of hydrogen-bond donors (Lipinski definition) is 2. The highest BCUT2D eigenvalue weighted by atomic mass is 16.5. The molecule has 4 aromatic rings. The molecule has 1 saturated carbocycles. The molecule has 0 bridgehead atoms. The first-order valence-corrected chi connectivity index (χ1v) is 15.4. The van der Waals surface area contributed by atoms with Crippen molar-refractivity contribution in [3.05, 3.63) is 118 Å². The summed E-state index contributed by atoms with van der Waals surface area (Å²) in [5.74, 6) is 0.161. The molecule has 0 spiro atoms. The van der Waals surface area contributed by atoms with E-state index in [0.29, 0.717) is 18.0 Å². The minimum Gasteiger partial charge on any atom is -0.465 e. The van der Waals surface area contributed by atoms with Crippen molar-refractivity contribution in [2.45, 2.75) is 66.1 Å². The molecule has 6 heteroatoms. The van der Waals surface area contributed by atoms with Gasteiger partial charge in [0.2, 0.25) is 5.91 Å². The van der Waals surface area contributed by atoms with Crippen LogP contribution in [0.5, 0.6) is 0 Å². The number of esters is 1. The lowest BCUT2D eigenvalue weighted by Gasteiger charge is -2.32. The van der Waals surface area contributed by atoms with Crippen molar-refractivity contribution in [2.75, 3.05) is 13.7 Å². The monoisotopic (exact) mass is 579 g/mol. The summed E-state index contributed by atoms with van der Waals surface area (Å²) < 4.78 is 4.97. The summed E-state index contributed by atoms with van der Waals surface area (Å²) >= 11 is 0. The van der Waals surface area contributed by atoms with Crippen LogP contribution >= 0.6 is 0 Å². The SMILES string of the molecule is CC.COC(=O)c1cccc(-c2ccc(CNC(=O)C3CC3c3ccccc3)c3c2CCN(Cc2cc(C)[nH]c2C)C3)c1.[HH]. The van der Waals surface area contributed by atoms with Gasteiger partial charge in [0.1, 0.15) is 0 Å². The fraction of sp³-hybridized carbons (Fsp3) is 0.351. The Balaban J connectivity index is 0.00000144. The van der Waals surface area contributed by atoms with E-state index >= 15 is 0 Å². The summed E-state index contributed by atoms with van der Waals surface area (Å²) in [5.41, 5.74) is 11.4. The van der Waals surface area contributed by atoms with Crippen molar-refractivity contribution in [2.24, 2.45) is 5.92 Å². The Labute approximate surface area is 257 Å². The number of aryl methyl sites for hydroxylation is 2. The molecule has 1 aliphatic carbocycles. The molecule has 3 aromatic carbocycles. The lowest BCUT2D eigenvalue weighted by atomic mass is 9.87. The fourth-order valence-electron chi connectivity index (χ4n) is 6.35. The molecule has 1 aromatic heterocycles. The second-order valence-corrected chi connectivity index (χ2v) is 11.4. The standard InChI is InChI=1S/C35H37N3O3.C2H6.H2/c1-22-16-28(23(2)37-22)20-38-15-14-30-29(25-10-7-11-26(17-25)35(40)41-3)13-12-27(33(30)21-38)19-36-34(39)32-18-31(32)24-8-5-4-6-9-24;1-2;/h4-13,16-17,31-32,37H,14-15,18-21H2,1-3H3,(H,36,39);1-2H3;1H. The van der Waals surface area contributed by atoms with Crippen molar-refractivity contribution in [3.8, 4) is 11.1 Å². The number of H-pyrrole nitrogens is 1. The Morgan fingerprint density at radius 2 is 1.77 bits per heavy atom. The number of amides is 1. The van der Waals surface area contributed by atoms with Crippen molar-refractivity contribution in [1.29, 1.82) is 0 Å². The van der Waals surface area contributed by atoms with Gasteiger partial charge < -0.3 is 15.0 Å². The number of fused-ring (bicyclic) bond motifs is 1. The normalized spacial score (nSPS) is 17.3. The van der Waals surface area contributed by atoms with E-state index in [2.05, 4.69) is 65.4 Å². The van der Waals surface area contributed by atoms with Gasteiger partial charge in [0, 0.05) is 44.9 Å². The number of nitrogens with one attached hydrogen (secondary N) is 2. The van der Waals surface area contributed by atoms with Gasteiger partial charge in [-0.25, -0.2) is 4.79 Å². The summed E-state index contributed by atoms with van der Waals surface area (Å²) in [6.07, 6.45) is 1.81. The molecule has 6 nitrogen and oxygen atoms in total. The maximum Gasteiger partial charge on any atom is 0.337 e. The summed E-state index contributed by atoms with van der Waals surface area (Å²) in [5, 5.41) is 3.25. The van der Waals surface area contributed by atoms with Crippen molar-refractivity contribution in [1.82, 2.24) is 15.2 Å². The van der Waals surface area contributed by atoms with Crippen LogP contribution in [-0.4, -0.2) is 35.4 Å². The van der Waals surface area contributed by atoms with Gasteiger partial charge in [-0.05, 0) is 89.8 Å². The van der Waals surface area contributed by atoms with Crippen molar-refractivity contribution < 1.29 is 15.8 Å². The number of carbonyl (C=O) groups is 2. The summed E-state index contributed by atoms with van der Waals surface area (Å²) in [7, 11) is 1.41. The molecule has 1 amide bonds. The van der Waals surface area contributed by atoms with E-state index in [4.69, 9.17) is 4.74 Å². The second-order valence-electron chi connectivity index (χ2n) is 11.4. The number of benzene rings is 3. The molecule has 0 radical (unpaired) electrons. The molecule has 2 N–H and O–H groups in total. The Morgan fingerprint density at radius 1 is 0.977 bits per heavy atom. The van der Waals surface area contributed by atoms with E-state index in [9.17, 15) is 9.59 Å². The molecular weight excluding hydrogens is 534 g/mol. The van der Waals surface area contributed by atoms with Crippen LogP contribution in [0, 0.1) is 19.8 Å². The topological polar surface area (TPSA) is 74.4 Å². The first-order chi connectivity index (χ1) is 20.9. The quantitative estimate of drug-likeness (QED) is 0.214. The smallest absolute Gasteiger partial charge is 0.337 e. The number of hydrogen-bond acceptors (Lipinski definition) is 4. The number of carbonyl (C=O) groups excluding carboxylic acids is 2. The largest absolute Gasteiger partial charge is 0.465 e. The van der Waals surface area contributed by atoms with E-state index in [1.165, 1.54) is 40.8 Å². The number of ether oxygens (including phenoxy) is 1. The lowest BCUT2D eigenvalue weighted by molar-refractivity contribution is -0.122. The predicted molar refractivity (Wildman–Crippen MR) is 174 cm³/mol. The maximum absolute atomic E-state index is 13.1. The zero-order valence-electron chi connectivity index (χ0n) is 26.0. The van der Waals surface area contributed by atoms with Crippen LogP contribution in [0.3, 0.4) is 0 Å². The van der Waals surface area contributed by atoms with Crippen LogP contribution in [-0.2, 0) is 35.6 Å². The van der Waals surface area contributed by atoms with E-state index in [1.807, 2.05) is 44.2 Å². The van der Waals surface area contributed by atoms with Crippen molar-refractivity contribution >= 4 is 11.9 Å². The van der Waals surface area contributed by atoms with E-state index in [0.717, 1.165) is 49.2 Å². The van der Waals surface area contributed by atoms with Crippen LogP contribution in [0.1, 0.15) is 77.2 Å². The number of rotatable bonds is 8. The fourth-order valence-corrected chi connectivity index (χ4v) is 6.35. The van der Waals surface area contributed by atoms with Gasteiger partial charge in [-0.1, -0.05) is 68.4 Å². The van der Waals surface area contributed by atoms with Gasteiger partial charge in [-0.2, -0.15) is 0 Å². The molecule has 1 aliphatic heterocycles. The van der Waals surface area contributed by atoms with Gasteiger partial charge in [-0.15, -0.1) is 0 Å². The van der Waals surface area contributed by atoms with Crippen LogP contribution in [0.2, 0.25) is 0 Å². The first-order valence-electron chi connectivity index (χ1n) is 15.4. The van der Waals surface area contributed by atoms with Gasteiger partial charge in [0.25, 0.3) is 0 Å². The Morgan fingerprint density at radius 3 is 2.49 bits per heavy atom. The van der Waals surface area contributed by atoms with Gasteiger partial charge in [0.15, 0.2) is 0 Å². The highest BCUT2D eigenvalue weighted by Crippen LogP contribution is 2.47. The molecule has 2 unspecified atom stereocenters. The Hall–Kier alpha value is -4.16. The van der Waals surface area contributed by atoms with E-state index < -0.39 is 0 Å². The third kappa shape index (κ3) is 6.75. The van der Waals surface area contributed by atoms with E-state index in [1.54, 1.807) is 6.07 Å². The van der Waals surface area contributed by atoms with Crippen LogP contribution < -0.4 is 5.32 Å². The van der Waals surface area contributed by atoms with Crippen LogP contribution in [0.15, 0.2) is 72.8 Å². The number of nitrogens with zero attached hydrogens (tertiary/aromatic N) is 1. The molecule has 2 heterocycles. The molecule has 1 fully saturated rings. The first kappa shape index (κ1) is 30.3. The molecule has 2 atom stereocenters. The Bertz CT molecular complexity index is 1600. The van der Waals surface area contributed by atoms with Crippen LogP contribution in [0.4, 0.5) is 0 Å². The molecular formula is C37H45N3O3. The average molecular weight is 580 g/mol. The third-order valence-corrected chi connectivity index (χ3v) is 8.64. The Kier molecular flexibility index (Phi) is 9.46. The number of methoxy groups -OCH3 is 1. The summed E-state index contributed by atoms with van der Waals surface area (Å²) in [6, 6.07) is 24.5. The van der Waals surface area contributed by atoms with Crippen molar-refractivity contribution in [3.63, 3.8) is 0 Å². The van der Waals surface area contributed by atoms with E-state index in [-0.39, 0.29) is 19.2 Å². The minimum absolute atomic E-state index is 0. The lowest BCUT2D eigenvalue weighted by Crippen LogP contribution is -2.32. The predicted octanol–water partition coefficient (Wildman–Crippen LogP) is 7.34. The van der Waals surface area contributed by atoms with Gasteiger partial charge >= 0.3 is 5.97 Å². The molecule has 0 saturated heterocycles. The minimum atomic E-state index is -0.336.